The van der Waals surface area contributed by atoms with Crippen LogP contribution in [0.2, 0.25) is 0 Å². The molecule has 0 aliphatic carbocycles. The second-order valence-electron chi connectivity index (χ2n) is 6.45. The molecule has 0 radical (unpaired) electrons. The largest absolute Gasteiger partial charge is 0.336 e. The number of aryl methyl sites for hydroxylation is 2. The van der Waals surface area contributed by atoms with E-state index in [1.54, 1.807) is 11.1 Å². The van der Waals surface area contributed by atoms with E-state index >= 15 is 0 Å². The van der Waals surface area contributed by atoms with Crippen molar-refractivity contribution in [2.24, 2.45) is 5.92 Å². The molecule has 1 fully saturated rings. The molecule has 0 saturated carbocycles. The lowest BCUT2D eigenvalue weighted by atomic mass is 10.0. The summed E-state index contributed by atoms with van der Waals surface area (Å²) in [5.41, 5.74) is 3.88. The lowest BCUT2D eigenvalue weighted by Gasteiger charge is -2.17. The monoisotopic (exact) mass is 337 g/mol. The molecule has 1 atom stereocenters. The van der Waals surface area contributed by atoms with Gasteiger partial charge in [-0.2, -0.15) is 0 Å². The van der Waals surface area contributed by atoms with E-state index in [1.807, 2.05) is 43.3 Å². The molecule has 130 valence electrons. The van der Waals surface area contributed by atoms with Crippen LogP contribution in [0.5, 0.6) is 0 Å². The molecule has 2 amide bonds. The van der Waals surface area contributed by atoms with E-state index in [1.165, 1.54) is 0 Å². The van der Waals surface area contributed by atoms with E-state index in [0.29, 0.717) is 13.1 Å². The van der Waals surface area contributed by atoms with Crippen molar-refractivity contribution in [1.82, 2.24) is 9.88 Å². The van der Waals surface area contributed by atoms with Crippen LogP contribution in [-0.4, -0.2) is 28.2 Å². The molecule has 0 spiro atoms. The van der Waals surface area contributed by atoms with Crippen molar-refractivity contribution < 1.29 is 9.59 Å². The minimum Gasteiger partial charge on any atom is -0.336 e. The zero-order valence-electron chi connectivity index (χ0n) is 14.7. The van der Waals surface area contributed by atoms with Crippen LogP contribution in [0.15, 0.2) is 42.6 Å². The SMILES string of the molecule is CCc1cccc(C)c1NC(=O)[C@@H]1CC(=O)N(Cc2ccccn2)C1. The fraction of sp³-hybridized carbons (Fsp3) is 0.350. The summed E-state index contributed by atoms with van der Waals surface area (Å²) in [4.78, 5) is 30.9. The van der Waals surface area contributed by atoms with Gasteiger partial charge in [0.05, 0.1) is 18.2 Å². The third kappa shape index (κ3) is 3.87. The number of carbonyl (C=O) groups excluding carboxylic acids is 2. The van der Waals surface area contributed by atoms with Gasteiger partial charge in [-0.3, -0.25) is 14.6 Å². The van der Waals surface area contributed by atoms with E-state index in [4.69, 9.17) is 0 Å². The van der Waals surface area contributed by atoms with Crippen LogP contribution in [0.3, 0.4) is 0 Å². The van der Waals surface area contributed by atoms with Gasteiger partial charge in [0.2, 0.25) is 11.8 Å². The van der Waals surface area contributed by atoms with Gasteiger partial charge in [-0.05, 0) is 36.6 Å². The van der Waals surface area contributed by atoms with Crippen LogP contribution in [-0.2, 0) is 22.6 Å². The first kappa shape index (κ1) is 17.1. The molecule has 0 bridgehead atoms. The maximum absolute atomic E-state index is 12.7. The van der Waals surface area contributed by atoms with Gasteiger partial charge < -0.3 is 10.2 Å². The maximum atomic E-state index is 12.7. The highest BCUT2D eigenvalue weighted by Crippen LogP contribution is 2.25. The Morgan fingerprint density at radius 2 is 2.12 bits per heavy atom. The summed E-state index contributed by atoms with van der Waals surface area (Å²) < 4.78 is 0. The molecule has 2 heterocycles. The molecular weight excluding hydrogens is 314 g/mol. The lowest BCUT2D eigenvalue weighted by molar-refractivity contribution is -0.128. The van der Waals surface area contributed by atoms with E-state index in [2.05, 4.69) is 17.2 Å². The van der Waals surface area contributed by atoms with Crippen LogP contribution in [0.1, 0.15) is 30.2 Å². The number of anilines is 1. The summed E-state index contributed by atoms with van der Waals surface area (Å²) >= 11 is 0. The predicted molar refractivity (Wildman–Crippen MR) is 96.9 cm³/mol. The number of rotatable bonds is 5. The van der Waals surface area contributed by atoms with Gasteiger partial charge in [0, 0.05) is 24.8 Å². The summed E-state index contributed by atoms with van der Waals surface area (Å²) in [5, 5.41) is 3.04. The number of carbonyl (C=O) groups is 2. The predicted octanol–water partition coefficient (Wildman–Crippen LogP) is 2.94. The third-order valence-corrected chi connectivity index (χ3v) is 4.65. The van der Waals surface area contributed by atoms with Gasteiger partial charge in [-0.25, -0.2) is 0 Å². The minimum atomic E-state index is -0.319. The Hall–Kier alpha value is -2.69. The van der Waals surface area contributed by atoms with Gasteiger partial charge in [-0.15, -0.1) is 0 Å². The number of likely N-dealkylation sites (tertiary alicyclic amines) is 1. The zero-order valence-corrected chi connectivity index (χ0v) is 14.7. The first-order chi connectivity index (χ1) is 12.1. The number of benzene rings is 1. The van der Waals surface area contributed by atoms with Gasteiger partial charge in [0.1, 0.15) is 0 Å². The molecule has 1 aromatic heterocycles. The number of hydrogen-bond acceptors (Lipinski definition) is 3. The highest BCUT2D eigenvalue weighted by Gasteiger charge is 2.34. The molecule has 1 aliphatic heterocycles. The second-order valence-corrected chi connectivity index (χ2v) is 6.45. The van der Waals surface area contributed by atoms with Crippen molar-refractivity contribution in [3.05, 3.63) is 59.4 Å². The third-order valence-electron chi connectivity index (χ3n) is 4.65. The summed E-state index contributed by atoms with van der Waals surface area (Å²) in [6.45, 7) is 4.95. The fourth-order valence-electron chi connectivity index (χ4n) is 3.22. The van der Waals surface area contributed by atoms with E-state index in [0.717, 1.165) is 28.9 Å². The zero-order chi connectivity index (χ0) is 17.8. The van der Waals surface area contributed by atoms with Crippen LogP contribution >= 0.6 is 0 Å². The van der Waals surface area contributed by atoms with Crippen molar-refractivity contribution >= 4 is 17.5 Å². The van der Waals surface area contributed by atoms with Crippen LogP contribution in [0.25, 0.3) is 0 Å². The molecule has 25 heavy (non-hydrogen) atoms. The summed E-state index contributed by atoms with van der Waals surface area (Å²) in [7, 11) is 0. The van der Waals surface area contributed by atoms with Crippen LogP contribution in [0.4, 0.5) is 5.69 Å². The van der Waals surface area contributed by atoms with Crippen molar-refractivity contribution in [3.8, 4) is 0 Å². The fourth-order valence-corrected chi connectivity index (χ4v) is 3.22. The Morgan fingerprint density at radius 1 is 1.28 bits per heavy atom. The average Bonchev–Trinajstić information content (AvgIpc) is 2.98. The second kappa shape index (κ2) is 7.47. The molecule has 5 nitrogen and oxygen atoms in total. The molecule has 0 unspecified atom stereocenters. The van der Waals surface area contributed by atoms with Gasteiger partial charge in [-0.1, -0.05) is 31.2 Å². The number of nitrogens with one attached hydrogen (secondary N) is 1. The molecule has 1 aromatic carbocycles. The number of pyridine rings is 1. The van der Waals surface area contributed by atoms with Gasteiger partial charge >= 0.3 is 0 Å². The summed E-state index contributed by atoms with van der Waals surface area (Å²) in [5.74, 6) is -0.396. The number of aromatic nitrogens is 1. The van der Waals surface area contributed by atoms with Crippen molar-refractivity contribution in [3.63, 3.8) is 0 Å². The molecule has 1 saturated heterocycles. The summed E-state index contributed by atoms with van der Waals surface area (Å²) in [6, 6.07) is 11.6. The molecular formula is C20H23N3O2. The Kier molecular flexibility index (Phi) is 5.12. The Labute approximate surface area is 148 Å². The van der Waals surface area contributed by atoms with Gasteiger partial charge in [0.25, 0.3) is 0 Å². The molecule has 3 rings (SSSR count). The highest BCUT2D eigenvalue weighted by atomic mass is 16.2. The normalized spacial score (nSPS) is 17.0. The van der Waals surface area contributed by atoms with E-state index < -0.39 is 0 Å². The number of hydrogen-bond donors (Lipinski definition) is 1. The summed E-state index contributed by atoms with van der Waals surface area (Å²) in [6.07, 6.45) is 2.82. The smallest absolute Gasteiger partial charge is 0.229 e. The number of para-hydroxylation sites is 1. The van der Waals surface area contributed by atoms with Crippen molar-refractivity contribution in [2.45, 2.75) is 33.2 Å². The van der Waals surface area contributed by atoms with Gasteiger partial charge in [0.15, 0.2) is 0 Å². The molecule has 5 heteroatoms. The Morgan fingerprint density at radius 3 is 2.84 bits per heavy atom. The minimum absolute atomic E-state index is 0.00583. The number of nitrogens with zero attached hydrogens (tertiary/aromatic N) is 2. The van der Waals surface area contributed by atoms with Crippen molar-refractivity contribution in [2.75, 3.05) is 11.9 Å². The lowest BCUT2D eigenvalue weighted by Crippen LogP contribution is -2.28. The number of amides is 2. The Bertz CT molecular complexity index is 774. The first-order valence-electron chi connectivity index (χ1n) is 8.65. The quantitative estimate of drug-likeness (QED) is 0.912. The first-order valence-corrected chi connectivity index (χ1v) is 8.65. The maximum Gasteiger partial charge on any atom is 0.229 e. The van der Waals surface area contributed by atoms with E-state index in [-0.39, 0.29) is 24.2 Å². The molecule has 1 N–H and O–H groups in total. The standard InChI is InChI=1S/C20H23N3O2/c1-3-15-8-6-7-14(2)19(15)22-20(25)16-11-18(24)23(12-16)13-17-9-4-5-10-21-17/h4-10,16H,3,11-13H2,1-2H3,(H,22,25)/t16-/m1/s1. The van der Waals surface area contributed by atoms with Crippen molar-refractivity contribution in [1.29, 1.82) is 0 Å². The molecule has 2 aromatic rings. The highest BCUT2D eigenvalue weighted by molar-refractivity contribution is 5.98. The Balaban J connectivity index is 1.67. The van der Waals surface area contributed by atoms with Crippen LogP contribution < -0.4 is 5.32 Å². The van der Waals surface area contributed by atoms with Crippen LogP contribution in [0, 0.1) is 12.8 Å². The average molecular weight is 337 g/mol. The van der Waals surface area contributed by atoms with E-state index in [9.17, 15) is 9.59 Å². The molecule has 1 aliphatic rings. The topological polar surface area (TPSA) is 62.3 Å².